The number of halogens is 2. The van der Waals surface area contributed by atoms with Crippen LogP contribution in [0.3, 0.4) is 0 Å². The number of benzene rings is 2. The molecule has 0 aromatic heterocycles. The molecule has 2 aromatic rings. The zero-order chi connectivity index (χ0) is 17.1. The molecule has 4 nitrogen and oxygen atoms in total. The van der Waals surface area contributed by atoms with Crippen LogP contribution in [0.1, 0.15) is 18.4 Å². The number of carbonyl (C=O) groups is 2. The molecule has 0 spiro atoms. The molecule has 1 atom stereocenters. The Kier molecular flexibility index (Phi) is 4.81. The van der Waals surface area contributed by atoms with Gasteiger partial charge in [-0.05, 0) is 35.7 Å². The van der Waals surface area contributed by atoms with E-state index >= 15 is 0 Å². The lowest BCUT2D eigenvalue weighted by Crippen LogP contribution is -2.41. The van der Waals surface area contributed by atoms with Gasteiger partial charge in [0, 0.05) is 23.6 Å². The lowest BCUT2D eigenvalue weighted by atomic mass is 10.0. The van der Waals surface area contributed by atoms with Crippen molar-refractivity contribution in [3.8, 4) is 11.1 Å². The van der Waals surface area contributed by atoms with Crippen molar-refractivity contribution in [1.82, 2.24) is 10.6 Å². The highest BCUT2D eigenvalue weighted by molar-refractivity contribution is 6.30. The van der Waals surface area contributed by atoms with E-state index in [0.29, 0.717) is 23.4 Å². The summed E-state index contributed by atoms with van der Waals surface area (Å²) in [4.78, 5) is 23.1. The third-order valence-corrected chi connectivity index (χ3v) is 4.25. The minimum atomic E-state index is -0.520. The number of hydrogen-bond donors (Lipinski definition) is 2. The van der Waals surface area contributed by atoms with Crippen LogP contribution in [0, 0.1) is 5.82 Å². The molecule has 0 aliphatic carbocycles. The van der Waals surface area contributed by atoms with E-state index in [9.17, 15) is 14.0 Å². The molecule has 1 fully saturated rings. The Hall–Kier alpha value is -2.40. The Morgan fingerprint density at radius 1 is 1.21 bits per heavy atom. The molecule has 1 aliphatic rings. The van der Waals surface area contributed by atoms with Gasteiger partial charge in [-0.25, -0.2) is 4.39 Å². The van der Waals surface area contributed by atoms with Crippen LogP contribution in [0.2, 0.25) is 5.02 Å². The standard InChI is InChI=1S/C18H16ClFN2O2/c19-14-5-3-11(4-6-14)12-1-2-13(15(20)9-12)10-21-18(24)16-7-8-17(23)22-16/h1-6,9,16H,7-8,10H2,(H,21,24)(H,22,23)/t16-/m1/s1. The van der Waals surface area contributed by atoms with Gasteiger partial charge in [-0.2, -0.15) is 0 Å². The average Bonchev–Trinajstić information content (AvgIpc) is 3.01. The third kappa shape index (κ3) is 3.74. The van der Waals surface area contributed by atoms with Crippen LogP contribution in [-0.4, -0.2) is 17.9 Å². The molecule has 0 saturated carbocycles. The van der Waals surface area contributed by atoms with Crippen molar-refractivity contribution in [2.24, 2.45) is 0 Å². The summed E-state index contributed by atoms with van der Waals surface area (Å²) in [6, 6.07) is 11.5. The van der Waals surface area contributed by atoms with Crippen molar-refractivity contribution >= 4 is 23.4 Å². The van der Waals surface area contributed by atoms with Gasteiger partial charge in [0.2, 0.25) is 11.8 Å². The molecular formula is C18H16ClFN2O2. The van der Waals surface area contributed by atoms with E-state index in [4.69, 9.17) is 11.6 Å². The van der Waals surface area contributed by atoms with Crippen LogP contribution in [0.25, 0.3) is 11.1 Å². The van der Waals surface area contributed by atoms with Crippen molar-refractivity contribution in [2.45, 2.75) is 25.4 Å². The van der Waals surface area contributed by atoms with Crippen LogP contribution >= 0.6 is 11.6 Å². The molecule has 2 aromatic carbocycles. The Balaban J connectivity index is 1.65. The Morgan fingerprint density at radius 2 is 1.92 bits per heavy atom. The van der Waals surface area contributed by atoms with Gasteiger partial charge in [0.25, 0.3) is 0 Å². The summed E-state index contributed by atoms with van der Waals surface area (Å²) in [5, 5.41) is 5.86. The van der Waals surface area contributed by atoms with Crippen LogP contribution in [0.4, 0.5) is 4.39 Å². The van der Waals surface area contributed by atoms with Gasteiger partial charge in [-0.15, -0.1) is 0 Å². The maximum absolute atomic E-state index is 14.3. The molecule has 3 rings (SSSR count). The first-order valence-electron chi connectivity index (χ1n) is 7.64. The highest BCUT2D eigenvalue weighted by Crippen LogP contribution is 2.23. The number of amides is 2. The summed E-state index contributed by atoms with van der Waals surface area (Å²) in [6.45, 7) is 0.0813. The SMILES string of the molecule is O=C1CC[C@H](C(=O)NCc2ccc(-c3ccc(Cl)cc3)cc2F)N1. The molecular weight excluding hydrogens is 331 g/mol. The maximum Gasteiger partial charge on any atom is 0.242 e. The van der Waals surface area contributed by atoms with E-state index in [1.807, 2.05) is 12.1 Å². The number of rotatable bonds is 4. The van der Waals surface area contributed by atoms with Gasteiger partial charge in [0.15, 0.2) is 0 Å². The normalized spacial score (nSPS) is 16.8. The van der Waals surface area contributed by atoms with Crippen LogP contribution in [0.15, 0.2) is 42.5 Å². The monoisotopic (exact) mass is 346 g/mol. The van der Waals surface area contributed by atoms with Gasteiger partial charge in [0.1, 0.15) is 11.9 Å². The van der Waals surface area contributed by atoms with E-state index in [0.717, 1.165) is 11.1 Å². The minimum Gasteiger partial charge on any atom is -0.350 e. The van der Waals surface area contributed by atoms with Crippen LogP contribution in [-0.2, 0) is 16.1 Å². The topological polar surface area (TPSA) is 58.2 Å². The predicted octanol–water partition coefficient (Wildman–Crippen LogP) is 3.04. The third-order valence-electron chi connectivity index (χ3n) is 4.00. The highest BCUT2D eigenvalue weighted by Gasteiger charge is 2.26. The fourth-order valence-electron chi connectivity index (χ4n) is 2.63. The van der Waals surface area contributed by atoms with Gasteiger partial charge < -0.3 is 10.6 Å². The second kappa shape index (κ2) is 7.01. The molecule has 0 radical (unpaired) electrons. The number of carbonyl (C=O) groups excluding carboxylic acids is 2. The van der Waals surface area contributed by atoms with Gasteiger partial charge in [-0.1, -0.05) is 35.9 Å². The van der Waals surface area contributed by atoms with Crippen molar-refractivity contribution in [3.05, 3.63) is 58.9 Å². The minimum absolute atomic E-state index is 0.0813. The molecule has 1 aliphatic heterocycles. The van der Waals surface area contributed by atoms with Crippen molar-refractivity contribution < 1.29 is 14.0 Å². The van der Waals surface area contributed by atoms with E-state index < -0.39 is 11.9 Å². The molecule has 0 unspecified atom stereocenters. The quantitative estimate of drug-likeness (QED) is 0.894. The summed E-state index contributed by atoms with van der Waals surface area (Å²) in [6.07, 6.45) is 0.824. The second-order valence-corrected chi connectivity index (χ2v) is 6.13. The van der Waals surface area contributed by atoms with Gasteiger partial charge in [-0.3, -0.25) is 9.59 Å². The first-order valence-corrected chi connectivity index (χ1v) is 8.02. The second-order valence-electron chi connectivity index (χ2n) is 5.69. The molecule has 24 heavy (non-hydrogen) atoms. The van der Waals surface area contributed by atoms with Gasteiger partial charge in [0.05, 0.1) is 0 Å². The van der Waals surface area contributed by atoms with Crippen LogP contribution in [0.5, 0.6) is 0 Å². The molecule has 124 valence electrons. The van der Waals surface area contributed by atoms with E-state index in [-0.39, 0.29) is 18.4 Å². The average molecular weight is 347 g/mol. The molecule has 2 amide bonds. The van der Waals surface area contributed by atoms with Crippen molar-refractivity contribution in [1.29, 1.82) is 0 Å². The number of nitrogens with one attached hydrogen (secondary N) is 2. The van der Waals surface area contributed by atoms with E-state index in [1.54, 1.807) is 24.3 Å². The lowest BCUT2D eigenvalue weighted by molar-refractivity contribution is -0.125. The number of hydrogen-bond acceptors (Lipinski definition) is 2. The summed E-state index contributed by atoms with van der Waals surface area (Å²) in [7, 11) is 0. The van der Waals surface area contributed by atoms with E-state index in [2.05, 4.69) is 10.6 Å². The molecule has 1 saturated heterocycles. The smallest absolute Gasteiger partial charge is 0.242 e. The molecule has 2 N–H and O–H groups in total. The van der Waals surface area contributed by atoms with E-state index in [1.165, 1.54) is 6.07 Å². The summed E-state index contributed by atoms with van der Waals surface area (Å²) < 4.78 is 14.3. The summed E-state index contributed by atoms with van der Waals surface area (Å²) >= 11 is 5.85. The zero-order valence-electron chi connectivity index (χ0n) is 12.8. The fraction of sp³-hybridized carbons (Fsp3) is 0.222. The first kappa shape index (κ1) is 16.5. The largest absolute Gasteiger partial charge is 0.350 e. The summed E-state index contributed by atoms with van der Waals surface area (Å²) in [5.41, 5.74) is 2.00. The zero-order valence-corrected chi connectivity index (χ0v) is 13.6. The fourth-order valence-corrected chi connectivity index (χ4v) is 2.75. The Labute approximate surface area is 144 Å². The van der Waals surface area contributed by atoms with Gasteiger partial charge >= 0.3 is 0 Å². The molecule has 0 bridgehead atoms. The lowest BCUT2D eigenvalue weighted by Gasteiger charge is -2.12. The Morgan fingerprint density at radius 3 is 2.54 bits per heavy atom. The maximum atomic E-state index is 14.3. The Bertz CT molecular complexity index is 777. The van der Waals surface area contributed by atoms with Crippen molar-refractivity contribution in [3.63, 3.8) is 0 Å². The first-order chi connectivity index (χ1) is 11.5. The van der Waals surface area contributed by atoms with Crippen LogP contribution < -0.4 is 10.6 Å². The predicted molar refractivity (Wildman–Crippen MR) is 89.9 cm³/mol. The molecule has 6 heteroatoms. The molecule has 1 heterocycles. The van der Waals surface area contributed by atoms with Crippen molar-refractivity contribution in [2.75, 3.05) is 0 Å². The highest BCUT2D eigenvalue weighted by atomic mass is 35.5. The summed E-state index contributed by atoms with van der Waals surface area (Å²) in [5.74, 6) is -0.811.